The van der Waals surface area contributed by atoms with Gasteiger partial charge in [-0.05, 0) is 45.1 Å². The molecule has 0 bridgehead atoms. The Morgan fingerprint density at radius 3 is 2.70 bits per heavy atom. The van der Waals surface area contributed by atoms with Crippen LogP contribution in [0.15, 0.2) is 0 Å². The fraction of sp³-hybridized carbons (Fsp3) is 0.867. The quantitative estimate of drug-likeness (QED) is 0.824. The highest BCUT2D eigenvalue weighted by atomic mass is 16.4. The first-order valence-electron chi connectivity index (χ1n) is 7.94. The van der Waals surface area contributed by atoms with E-state index in [2.05, 4.69) is 5.32 Å². The lowest BCUT2D eigenvalue weighted by Gasteiger charge is -2.38. The van der Waals surface area contributed by atoms with Crippen molar-refractivity contribution in [2.45, 2.75) is 69.9 Å². The van der Waals surface area contributed by atoms with E-state index in [1.165, 1.54) is 6.42 Å². The molecule has 2 fully saturated rings. The third kappa shape index (κ3) is 4.20. The largest absolute Gasteiger partial charge is 0.481 e. The second kappa shape index (κ2) is 7.62. The van der Waals surface area contributed by atoms with Crippen molar-refractivity contribution in [3.05, 3.63) is 0 Å². The maximum Gasteiger partial charge on any atom is 0.303 e. The Hall–Kier alpha value is -1.10. The number of amides is 1. The molecule has 5 heteroatoms. The number of carbonyl (C=O) groups excluding carboxylic acids is 1. The summed E-state index contributed by atoms with van der Waals surface area (Å²) in [5, 5.41) is 12.2. The minimum Gasteiger partial charge on any atom is -0.481 e. The molecule has 2 saturated heterocycles. The van der Waals surface area contributed by atoms with Crippen molar-refractivity contribution in [2.24, 2.45) is 0 Å². The van der Waals surface area contributed by atoms with Crippen molar-refractivity contribution in [2.75, 3.05) is 13.1 Å². The van der Waals surface area contributed by atoms with Crippen LogP contribution in [0.5, 0.6) is 0 Å². The number of hydrogen-bond donors (Lipinski definition) is 2. The molecule has 5 nitrogen and oxygen atoms in total. The van der Waals surface area contributed by atoms with Crippen LogP contribution in [0.4, 0.5) is 0 Å². The monoisotopic (exact) mass is 282 g/mol. The zero-order chi connectivity index (χ0) is 14.4. The Bertz CT molecular complexity index is 338. The molecule has 2 N–H and O–H groups in total. The predicted molar refractivity (Wildman–Crippen MR) is 76.5 cm³/mol. The van der Waals surface area contributed by atoms with Crippen LogP contribution in [0.2, 0.25) is 0 Å². The second-order valence-electron chi connectivity index (χ2n) is 5.97. The van der Waals surface area contributed by atoms with Crippen LogP contribution in [-0.4, -0.2) is 47.1 Å². The van der Waals surface area contributed by atoms with E-state index in [4.69, 9.17) is 5.11 Å². The second-order valence-corrected chi connectivity index (χ2v) is 5.97. The zero-order valence-corrected chi connectivity index (χ0v) is 12.1. The maximum atomic E-state index is 12.7. The highest BCUT2D eigenvalue weighted by Crippen LogP contribution is 2.23. The molecule has 2 rings (SSSR count). The van der Waals surface area contributed by atoms with Gasteiger partial charge in [0.05, 0.1) is 6.04 Å². The molecule has 0 aliphatic carbocycles. The Kier molecular flexibility index (Phi) is 5.83. The minimum atomic E-state index is -0.768. The van der Waals surface area contributed by atoms with E-state index in [9.17, 15) is 9.59 Å². The Balaban J connectivity index is 1.94. The Labute approximate surface area is 120 Å². The van der Waals surface area contributed by atoms with E-state index in [0.29, 0.717) is 6.42 Å². The van der Waals surface area contributed by atoms with E-state index >= 15 is 0 Å². The van der Waals surface area contributed by atoms with Crippen LogP contribution in [0.25, 0.3) is 0 Å². The third-order valence-electron chi connectivity index (χ3n) is 4.46. The van der Waals surface area contributed by atoms with Crippen LogP contribution >= 0.6 is 0 Å². The van der Waals surface area contributed by atoms with E-state index < -0.39 is 5.97 Å². The number of carbonyl (C=O) groups is 2. The number of rotatable bonds is 4. The van der Waals surface area contributed by atoms with E-state index in [1.807, 2.05) is 4.90 Å². The van der Waals surface area contributed by atoms with Crippen molar-refractivity contribution in [3.63, 3.8) is 0 Å². The van der Waals surface area contributed by atoms with Gasteiger partial charge >= 0.3 is 5.97 Å². The van der Waals surface area contributed by atoms with Gasteiger partial charge in [-0.1, -0.05) is 12.8 Å². The molecule has 2 atom stereocenters. The van der Waals surface area contributed by atoms with Gasteiger partial charge in [0.25, 0.3) is 0 Å². The molecule has 2 aliphatic rings. The van der Waals surface area contributed by atoms with E-state index in [0.717, 1.165) is 51.6 Å². The average molecular weight is 282 g/mol. The number of aliphatic carboxylic acids is 1. The summed E-state index contributed by atoms with van der Waals surface area (Å²) in [6, 6.07) is 0.0698. The van der Waals surface area contributed by atoms with E-state index in [1.54, 1.807) is 0 Å². The molecule has 2 unspecified atom stereocenters. The molecular weight excluding hydrogens is 256 g/mol. The van der Waals surface area contributed by atoms with Crippen molar-refractivity contribution >= 4 is 11.9 Å². The van der Waals surface area contributed by atoms with Crippen LogP contribution in [0.3, 0.4) is 0 Å². The lowest BCUT2D eigenvalue weighted by atomic mass is 9.96. The first kappa shape index (κ1) is 15.3. The van der Waals surface area contributed by atoms with Crippen LogP contribution in [0, 0.1) is 0 Å². The van der Waals surface area contributed by atoms with Gasteiger partial charge in [0, 0.05) is 19.0 Å². The van der Waals surface area contributed by atoms with Gasteiger partial charge in [-0.25, -0.2) is 0 Å². The number of hydrogen-bond acceptors (Lipinski definition) is 3. The summed E-state index contributed by atoms with van der Waals surface area (Å²) in [6.07, 6.45) is 8.21. The molecule has 2 aliphatic heterocycles. The van der Waals surface area contributed by atoms with Gasteiger partial charge in [0.2, 0.25) is 5.91 Å². The van der Waals surface area contributed by atoms with Crippen LogP contribution in [0.1, 0.15) is 57.8 Å². The number of nitrogens with zero attached hydrogens (tertiary/aromatic N) is 1. The fourth-order valence-corrected chi connectivity index (χ4v) is 3.32. The number of likely N-dealkylation sites (tertiary alicyclic amines) is 1. The predicted octanol–water partition coefficient (Wildman–Crippen LogP) is 1.76. The number of carboxylic acid groups (broad SMARTS) is 1. The van der Waals surface area contributed by atoms with Gasteiger partial charge < -0.3 is 15.3 Å². The normalized spacial score (nSPS) is 27.9. The summed E-state index contributed by atoms with van der Waals surface area (Å²) in [7, 11) is 0. The summed E-state index contributed by atoms with van der Waals surface area (Å²) in [4.78, 5) is 25.4. The maximum absolute atomic E-state index is 12.7. The highest BCUT2D eigenvalue weighted by Gasteiger charge is 2.31. The summed E-state index contributed by atoms with van der Waals surface area (Å²) < 4.78 is 0. The van der Waals surface area contributed by atoms with Gasteiger partial charge in [-0.15, -0.1) is 0 Å². The average Bonchev–Trinajstić information content (AvgIpc) is 2.73. The first-order chi connectivity index (χ1) is 9.68. The third-order valence-corrected chi connectivity index (χ3v) is 4.46. The lowest BCUT2D eigenvalue weighted by Crippen LogP contribution is -2.52. The molecule has 0 spiro atoms. The molecule has 0 aromatic carbocycles. The fourth-order valence-electron chi connectivity index (χ4n) is 3.32. The lowest BCUT2D eigenvalue weighted by molar-refractivity contribution is -0.141. The molecule has 0 aromatic heterocycles. The summed E-state index contributed by atoms with van der Waals surface area (Å²) in [5.74, 6) is -0.572. The standard InChI is InChI=1S/C15H26N2O3/c18-14(19)9-8-12-6-3-5-11-17(12)15(20)13-7-2-1-4-10-16-13/h12-13,16H,1-11H2,(H,18,19). The number of piperidine rings is 1. The summed E-state index contributed by atoms with van der Waals surface area (Å²) in [5.41, 5.74) is 0. The topological polar surface area (TPSA) is 69.6 Å². The molecule has 2 heterocycles. The van der Waals surface area contributed by atoms with Crippen molar-refractivity contribution in [1.82, 2.24) is 10.2 Å². The molecule has 0 aromatic rings. The molecule has 0 radical (unpaired) electrons. The first-order valence-corrected chi connectivity index (χ1v) is 7.94. The van der Waals surface area contributed by atoms with Gasteiger partial charge in [-0.2, -0.15) is 0 Å². The SMILES string of the molecule is O=C(O)CCC1CCCCN1C(=O)C1CCCCCN1. The summed E-state index contributed by atoms with van der Waals surface area (Å²) >= 11 is 0. The van der Waals surface area contributed by atoms with Crippen LogP contribution in [-0.2, 0) is 9.59 Å². The minimum absolute atomic E-state index is 0.0528. The van der Waals surface area contributed by atoms with Crippen molar-refractivity contribution in [1.29, 1.82) is 0 Å². The molecule has 20 heavy (non-hydrogen) atoms. The number of carboxylic acids is 1. The van der Waals surface area contributed by atoms with Gasteiger partial charge in [0.15, 0.2) is 0 Å². The molecule has 1 amide bonds. The number of nitrogens with one attached hydrogen (secondary N) is 1. The van der Waals surface area contributed by atoms with Gasteiger partial charge in [-0.3, -0.25) is 9.59 Å². The molecule has 0 saturated carbocycles. The Morgan fingerprint density at radius 1 is 1.10 bits per heavy atom. The van der Waals surface area contributed by atoms with Gasteiger partial charge in [0.1, 0.15) is 0 Å². The Morgan fingerprint density at radius 2 is 1.90 bits per heavy atom. The molecular formula is C15H26N2O3. The van der Waals surface area contributed by atoms with Crippen LogP contribution < -0.4 is 5.32 Å². The zero-order valence-electron chi connectivity index (χ0n) is 12.1. The van der Waals surface area contributed by atoms with Crippen molar-refractivity contribution < 1.29 is 14.7 Å². The van der Waals surface area contributed by atoms with Crippen molar-refractivity contribution in [3.8, 4) is 0 Å². The summed E-state index contributed by atoms with van der Waals surface area (Å²) in [6.45, 7) is 1.71. The molecule has 114 valence electrons. The van der Waals surface area contributed by atoms with E-state index in [-0.39, 0.29) is 24.4 Å². The smallest absolute Gasteiger partial charge is 0.303 e. The highest BCUT2D eigenvalue weighted by molar-refractivity contribution is 5.82.